The molecule has 0 unspecified atom stereocenters. The van der Waals surface area contributed by atoms with Gasteiger partial charge < -0.3 is 9.47 Å². The van der Waals surface area contributed by atoms with Gasteiger partial charge in [-0.3, -0.25) is 0 Å². The van der Waals surface area contributed by atoms with Gasteiger partial charge in [-0.05, 0) is 43.4 Å². The number of hydrogen-bond acceptors (Lipinski definition) is 2. The summed E-state index contributed by atoms with van der Waals surface area (Å²) in [6.07, 6.45) is -0.382. The van der Waals surface area contributed by atoms with Gasteiger partial charge in [-0.25, -0.2) is 0 Å². The van der Waals surface area contributed by atoms with E-state index in [2.05, 4.69) is 11.7 Å². The van der Waals surface area contributed by atoms with Crippen LogP contribution in [0.2, 0.25) is 0 Å². The number of rotatable bonds is 3. The molecule has 2 atom stereocenters. The molecule has 0 bridgehead atoms. The highest BCUT2D eigenvalue weighted by molar-refractivity contribution is 5.29. The second-order valence-corrected chi connectivity index (χ2v) is 4.70. The number of halogens is 3. The lowest BCUT2D eigenvalue weighted by molar-refractivity contribution is -0.274. The van der Waals surface area contributed by atoms with Crippen molar-refractivity contribution in [3.05, 3.63) is 29.8 Å². The summed E-state index contributed by atoms with van der Waals surface area (Å²) in [4.78, 5) is 0. The highest BCUT2D eigenvalue weighted by atomic mass is 19.4. The maximum Gasteiger partial charge on any atom is 0.573 e. The highest BCUT2D eigenvalue weighted by Crippen LogP contribution is 2.33. The molecule has 0 amide bonds. The largest absolute Gasteiger partial charge is 0.573 e. The van der Waals surface area contributed by atoms with E-state index < -0.39 is 6.36 Å². The van der Waals surface area contributed by atoms with Crippen molar-refractivity contribution in [1.29, 1.82) is 0 Å². The molecule has 2 nitrogen and oxygen atoms in total. The Morgan fingerprint density at radius 1 is 1.21 bits per heavy atom. The zero-order chi connectivity index (χ0) is 13.9. The molecule has 5 heteroatoms. The topological polar surface area (TPSA) is 18.5 Å². The smallest absolute Gasteiger partial charge is 0.406 e. The van der Waals surface area contributed by atoms with Crippen LogP contribution in [-0.2, 0) is 4.74 Å². The van der Waals surface area contributed by atoms with Crippen molar-refractivity contribution in [1.82, 2.24) is 0 Å². The van der Waals surface area contributed by atoms with Gasteiger partial charge in [0.2, 0.25) is 0 Å². The summed E-state index contributed by atoms with van der Waals surface area (Å²) in [6, 6.07) is 5.96. The van der Waals surface area contributed by atoms with E-state index in [0.29, 0.717) is 0 Å². The number of ether oxygens (including phenoxy) is 2. The molecule has 0 saturated carbocycles. The Bertz CT molecular complexity index is 400. The molecule has 1 aliphatic heterocycles. The Labute approximate surface area is 110 Å². The van der Waals surface area contributed by atoms with Crippen LogP contribution in [0.4, 0.5) is 13.2 Å². The Balaban J connectivity index is 2.01. The minimum atomic E-state index is -4.64. The van der Waals surface area contributed by atoms with Gasteiger partial charge in [0.05, 0.1) is 12.2 Å². The van der Waals surface area contributed by atoms with Crippen molar-refractivity contribution < 1.29 is 22.6 Å². The lowest BCUT2D eigenvalue weighted by Crippen LogP contribution is -2.21. The van der Waals surface area contributed by atoms with E-state index in [1.165, 1.54) is 12.1 Å². The van der Waals surface area contributed by atoms with Crippen LogP contribution < -0.4 is 4.74 Å². The van der Waals surface area contributed by atoms with Crippen LogP contribution in [0.15, 0.2) is 24.3 Å². The van der Waals surface area contributed by atoms with Gasteiger partial charge in [0, 0.05) is 0 Å². The second-order valence-electron chi connectivity index (χ2n) is 4.70. The standard InChI is InChI=1S/C14H17F3O2/c1-2-11-4-3-5-13(18-11)10-6-8-12(9-7-10)19-14(15,16)17/h6-9,11,13H,2-5H2,1H3/t11-,13-/m0/s1. The average molecular weight is 274 g/mol. The Morgan fingerprint density at radius 3 is 2.47 bits per heavy atom. The van der Waals surface area contributed by atoms with Crippen LogP contribution in [0.1, 0.15) is 44.3 Å². The molecule has 1 aromatic rings. The second kappa shape index (κ2) is 5.82. The fourth-order valence-corrected chi connectivity index (χ4v) is 2.33. The zero-order valence-corrected chi connectivity index (χ0v) is 10.7. The Morgan fingerprint density at radius 2 is 1.89 bits per heavy atom. The van der Waals surface area contributed by atoms with Gasteiger partial charge >= 0.3 is 6.36 Å². The van der Waals surface area contributed by atoms with Crippen molar-refractivity contribution in [3.8, 4) is 5.75 Å². The zero-order valence-electron chi connectivity index (χ0n) is 10.7. The maximum atomic E-state index is 12.0. The Kier molecular flexibility index (Phi) is 4.34. The molecule has 0 aliphatic carbocycles. The van der Waals surface area contributed by atoms with Crippen molar-refractivity contribution in [2.24, 2.45) is 0 Å². The molecule has 0 aromatic heterocycles. The van der Waals surface area contributed by atoms with E-state index in [-0.39, 0.29) is 18.0 Å². The summed E-state index contributed by atoms with van der Waals surface area (Å²) in [7, 11) is 0. The molecule has 0 radical (unpaired) electrons. The number of hydrogen-bond donors (Lipinski definition) is 0. The number of alkyl halides is 3. The third-order valence-electron chi connectivity index (χ3n) is 3.29. The van der Waals surface area contributed by atoms with Gasteiger partial charge in [0.25, 0.3) is 0 Å². The quantitative estimate of drug-likeness (QED) is 0.801. The summed E-state index contributed by atoms with van der Waals surface area (Å²) in [5.41, 5.74) is 0.910. The Hall–Kier alpha value is -1.23. The summed E-state index contributed by atoms with van der Waals surface area (Å²) in [6.45, 7) is 2.08. The average Bonchev–Trinajstić information content (AvgIpc) is 2.38. The fraction of sp³-hybridized carbons (Fsp3) is 0.571. The van der Waals surface area contributed by atoms with Gasteiger partial charge in [-0.1, -0.05) is 19.1 Å². The number of benzene rings is 1. The molecule has 0 spiro atoms. The van der Waals surface area contributed by atoms with E-state index in [4.69, 9.17) is 4.74 Å². The highest BCUT2D eigenvalue weighted by Gasteiger charge is 2.31. The molecular weight excluding hydrogens is 257 g/mol. The molecular formula is C14H17F3O2. The van der Waals surface area contributed by atoms with Gasteiger partial charge in [-0.2, -0.15) is 0 Å². The monoisotopic (exact) mass is 274 g/mol. The third kappa shape index (κ3) is 4.13. The van der Waals surface area contributed by atoms with Crippen molar-refractivity contribution in [2.45, 2.75) is 51.2 Å². The van der Waals surface area contributed by atoms with Gasteiger partial charge in [0.15, 0.2) is 0 Å². The molecule has 1 fully saturated rings. The van der Waals surface area contributed by atoms with E-state index in [1.54, 1.807) is 12.1 Å². The first-order valence-corrected chi connectivity index (χ1v) is 6.49. The lowest BCUT2D eigenvalue weighted by Gasteiger charge is -2.29. The van der Waals surface area contributed by atoms with E-state index >= 15 is 0 Å². The first-order valence-electron chi connectivity index (χ1n) is 6.49. The van der Waals surface area contributed by atoms with Crippen molar-refractivity contribution >= 4 is 0 Å². The van der Waals surface area contributed by atoms with Crippen LogP contribution in [-0.4, -0.2) is 12.5 Å². The predicted octanol–water partition coefficient (Wildman–Crippen LogP) is 4.61. The summed E-state index contributed by atoms with van der Waals surface area (Å²) >= 11 is 0. The van der Waals surface area contributed by atoms with Gasteiger partial charge in [-0.15, -0.1) is 13.2 Å². The van der Waals surface area contributed by atoms with Crippen LogP contribution in [0.3, 0.4) is 0 Å². The van der Waals surface area contributed by atoms with Crippen LogP contribution >= 0.6 is 0 Å². The van der Waals surface area contributed by atoms with Crippen LogP contribution in [0.25, 0.3) is 0 Å². The predicted molar refractivity (Wildman–Crippen MR) is 64.9 cm³/mol. The van der Waals surface area contributed by atoms with E-state index in [0.717, 1.165) is 31.2 Å². The van der Waals surface area contributed by atoms with E-state index in [9.17, 15) is 13.2 Å². The molecule has 1 aliphatic rings. The molecule has 1 aromatic carbocycles. The summed E-state index contributed by atoms with van der Waals surface area (Å²) in [5.74, 6) is -0.195. The van der Waals surface area contributed by atoms with Crippen LogP contribution in [0, 0.1) is 0 Å². The third-order valence-corrected chi connectivity index (χ3v) is 3.29. The summed E-state index contributed by atoms with van der Waals surface area (Å²) < 4.78 is 45.9. The minimum absolute atomic E-state index is 0.0152. The molecule has 106 valence electrons. The van der Waals surface area contributed by atoms with Gasteiger partial charge in [0.1, 0.15) is 5.75 Å². The fourth-order valence-electron chi connectivity index (χ4n) is 2.33. The maximum absolute atomic E-state index is 12.0. The van der Waals surface area contributed by atoms with Crippen molar-refractivity contribution in [2.75, 3.05) is 0 Å². The molecule has 2 rings (SSSR count). The van der Waals surface area contributed by atoms with E-state index in [1.807, 2.05) is 0 Å². The SMILES string of the molecule is CC[C@H]1CCC[C@@H](c2ccc(OC(F)(F)F)cc2)O1. The lowest BCUT2D eigenvalue weighted by atomic mass is 9.97. The summed E-state index contributed by atoms with van der Waals surface area (Å²) in [5, 5.41) is 0. The van der Waals surface area contributed by atoms with Crippen LogP contribution in [0.5, 0.6) is 5.75 Å². The molecule has 1 saturated heterocycles. The normalized spacial score (nSPS) is 24.2. The van der Waals surface area contributed by atoms with Crippen molar-refractivity contribution in [3.63, 3.8) is 0 Å². The molecule has 0 N–H and O–H groups in total. The molecule has 19 heavy (non-hydrogen) atoms. The minimum Gasteiger partial charge on any atom is -0.406 e. The first kappa shape index (κ1) is 14.2. The molecule has 1 heterocycles. The first-order chi connectivity index (χ1) is 8.98.